The van der Waals surface area contributed by atoms with E-state index in [0.717, 1.165) is 38.9 Å². The number of nitrogens with zero attached hydrogens (tertiary/aromatic N) is 3. The second-order valence-electron chi connectivity index (χ2n) is 5.12. The predicted octanol–water partition coefficient (Wildman–Crippen LogP) is 1.17. The molecule has 2 rings (SSSR count). The second kappa shape index (κ2) is 7.45. The molecular weight excluding hydrogens is 244 g/mol. The summed E-state index contributed by atoms with van der Waals surface area (Å²) in [7, 11) is 0. The largest absolute Gasteiger partial charge is 0.407 e. The van der Waals surface area contributed by atoms with E-state index in [2.05, 4.69) is 27.3 Å². The summed E-state index contributed by atoms with van der Waals surface area (Å²) < 4.78 is 5.67. The standard InChI is InChI=1S/C13H24N4O2/c1-2-6-14-9-12-15-16-13(19-12)17-7-3-4-11(10-17)5-8-18/h11,14,18H,2-10H2,1H3. The molecule has 1 aromatic heterocycles. The van der Waals surface area contributed by atoms with Crippen LogP contribution in [-0.2, 0) is 6.54 Å². The Hall–Kier alpha value is -1.14. The Bertz CT molecular complexity index is 367. The second-order valence-corrected chi connectivity index (χ2v) is 5.12. The first-order valence-electron chi connectivity index (χ1n) is 7.22. The third kappa shape index (κ3) is 4.18. The highest BCUT2D eigenvalue weighted by molar-refractivity contribution is 5.25. The van der Waals surface area contributed by atoms with Gasteiger partial charge in [-0.05, 0) is 38.1 Å². The lowest BCUT2D eigenvalue weighted by Gasteiger charge is -2.30. The van der Waals surface area contributed by atoms with Crippen molar-refractivity contribution in [2.45, 2.75) is 39.2 Å². The molecular formula is C13H24N4O2. The first kappa shape index (κ1) is 14.3. The molecule has 1 aliphatic rings. The van der Waals surface area contributed by atoms with Crippen LogP contribution in [0.25, 0.3) is 0 Å². The van der Waals surface area contributed by atoms with Crippen molar-refractivity contribution in [3.8, 4) is 0 Å². The van der Waals surface area contributed by atoms with Gasteiger partial charge in [0.05, 0.1) is 6.54 Å². The van der Waals surface area contributed by atoms with Crippen LogP contribution in [-0.4, -0.2) is 41.5 Å². The zero-order valence-electron chi connectivity index (χ0n) is 11.6. The van der Waals surface area contributed by atoms with Crippen LogP contribution in [0.3, 0.4) is 0 Å². The number of aromatic nitrogens is 2. The van der Waals surface area contributed by atoms with Gasteiger partial charge in [0.25, 0.3) is 0 Å². The Balaban J connectivity index is 1.86. The SMILES string of the molecule is CCCNCc1nnc(N2CCCC(CCO)C2)o1. The van der Waals surface area contributed by atoms with E-state index >= 15 is 0 Å². The van der Waals surface area contributed by atoms with Gasteiger partial charge in [0, 0.05) is 19.7 Å². The molecule has 6 heteroatoms. The van der Waals surface area contributed by atoms with Crippen LogP contribution in [0.15, 0.2) is 4.42 Å². The van der Waals surface area contributed by atoms with Gasteiger partial charge < -0.3 is 19.7 Å². The van der Waals surface area contributed by atoms with Crippen LogP contribution < -0.4 is 10.2 Å². The van der Waals surface area contributed by atoms with Crippen LogP contribution in [0.2, 0.25) is 0 Å². The Morgan fingerprint density at radius 2 is 2.37 bits per heavy atom. The average Bonchev–Trinajstić information content (AvgIpc) is 2.89. The molecule has 108 valence electrons. The molecule has 2 heterocycles. The summed E-state index contributed by atoms with van der Waals surface area (Å²) in [5, 5.41) is 20.5. The number of aliphatic hydroxyl groups excluding tert-OH is 1. The molecule has 1 aliphatic heterocycles. The molecule has 19 heavy (non-hydrogen) atoms. The smallest absolute Gasteiger partial charge is 0.318 e. The monoisotopic (exact) mass is 268 g/mol. The number of rotatable bonds is 7. The van der Waals surface area contributed by atoms with Gasteiger partial charge in [-0.2, -0.15) is 0 Å². The van der Waals surface area contributed by atoms with Crippen LogP contribution in [0.5, 0.6) is 0 Å². The van der Waals surface area contributed by atoms with Crippen molar-refractivity contribution in [3.63, 3.8) is 0 Å². The molecule has 1 aromatic rings. The lowest BCUT2D eigenvalue weighted by Crippen LogP contribution is -2.36. The normalized spacial score (nSPS) is 19.9. The van der Waals surface area contributed by atoms with Crippen molar-refractivity contribution < 1.29 is 9.52 Å². The maximum Gasteiger partial charge on any atom is 0.318 e. The summed E-state index contributed by atoms with van der Waals surface area (Å²) >= 11 is 0. The third-order valence-electron chi connectivity index (χ3n) is 3.49. The zero-order valence-corrected chi connectivity index (χ0v) is 11.6. The summed E-state index contributed by atoms with van der Waals surface area (Å²) in [5.74, 6) is 1.18. The molecule has 1 unspecified atom stereocenters. The molecule has 0 spiro atoms. The third-order valence-corrected chi connectivity index (χ3v) is 3.49. The average molecular weight is 268 g/mol. The van der Waals surface area contributed by atoms with Gasteiger partial charge in [-0.3, -0.25) is 0 Å². The van der Waals surface area contributed by atoms with E-state index in [4.69, 9.17) is 9.52 Å². The minimum absolute atomic E-state index is 0.258. The Labute approximate surface area is 114 Å². The highest BCUT2D eigenvalue weighted by Crippen LogP contribution is 2.23. The quantitative estimate of drug-likeness (QED) is 0.723. The van der Waals surface area contributed by atoms with E-state index in [1.54, 1.807) is 0 Å². The van der Waals surface area contributed by atoms with E-state index in [1.807, 2.05) is 0 Å². The first-order chi connectivity index (χ1) is 9.33. The fraction of sp³-hybridized carbons (Fsp3) is 0.846. The molecule has 0 saturated carbocycles. The molecule has 0 radical (unpaired) electrons. The lowest BCUT2D eigenvalue weighted by atomic mass is 9.95. The van der Waals surface area contributed by atoms with Gasteiger partial charge in [0.1, 0.15) is 0 Å². The van der Waals surface area contributed by atoms with Gasteiger partial charge in [-0.25, -0.2) is 0 Å². The molecule has 6 nitrogen and oxygen atoms in total. The number of hydrogen-bond acceptors (Lipinski definition) is 6. The fourth-order valence-electron chi connectivity index (χ4n) is 2.47. The van der Waals surface area contributed by atoms with Gasteiger partial charge in [-0.15, -0.1) is 5.10 Å². The summed E-state index contributed by atoms with van der Waals surface area (Å²) in [6, 6.07) is 0.621. The molecule has 0 amide bonds. The van der Waals surface area contributed by atoms with Crippen LogP contribution in [0.4, 0.5) is 6.01 Å². The molecule has 0 bridgehead atoms. The number of anilines is 1. The van der Waals surface area contributed by atoms with E-state index in [1.165, 1.54) is 6.42 Å². The van der Waals surface area contributed by atoms with Crippen molar-refractivity contribution in [1.82, 2.24) is 15.5 Å². The maximum atomic E-state index is 9.02. The number of nitrogens with one attached hydrogen (secondary N) is 1. The first-order valence-corrected chi connectivity index (χ1v) is 7.22. The lowest BCUT2D eigenvalue weighted by molar-refractivity contribution is 0.242. The van der Waals surface area contributed by atoms with Crippen LogP contribution in [0, 0.1) is 5.92 Å². The summed E-state index contributed by atoms with van der Waals surface area (Å²) in [6.07, 6.45) is 4.25. The zero-order chi connectivity index (χ0) is 13.5. The van der Waals surface area contributed by atoms with Crippen molar-refractivity contribution >= 4 is 6.01 Å². The van der Waals surface area contributed by atoms with Gasteiger partial charge in [-0.1, -0.05) is 12.0 Å². The van der Waals surface area contributed by atoms with Crippen molar-refractivity contribution in [3.05, 3.63) is 5.89 Å². The molecule has 2 N–H and O–H groups in total. The molecule has 1 atom stereocenters. The highest BCUT2D eigenvalue weighted by Gasteiger charge is 2.23. The number of piperidine rings is 1. The van der Waals surface area contributed by atoms with Gasteiger partial charge in [0.2, 0.25) is 5.89 Å². The van der Waals surface area contributed by atoms with Crippen molar-refractivity contribution in [2.24, 2.45) is 5.92 Å². The van der Waals surface area contributed by atoms with Crippen molar-refractivity contribution in [1.29, 1.82) is 0 Å². The Morgan fingerprint density at radius 3 is 3.16 bits per heavy atom. The minimum Gasteiger partial charge on any atom is -0.407 e. The van der Waals surface area contributed by atoms with Crippen LogP contribution >= 0.6 is 0 Å². The van der Waals surface area contributed by atoms with Crippen LogP contribution in [0.1, 0.15) is 38.5 Å². The van der Waals surface area contributed by atoms with E-state index < -0.39 is 0 Å². The van der Waals surface area contributed by atoms with E-state index in [9.17, 15) is 0 Å². The predicted molar refractivity (Wildman–Crippen MR) is 72.9 cm³/mol. The summed E-state index contributed by atoms with van der Waals surface area (Å²) in [5.41, 5.74) is 0. The van der Waals surface area contributed by atoms with Crippen molar-refractivity contribution in [2.75, 3.05) is 31.1 Å². The topological polar surface area (TPSA) is 74.4 Å². The van der Waals surface area contributed by atoms with E-state index in [0.29, 0.717) is 24.4 Å². The summed E-state index contributed by atoms with van der Waals surface area (Å²) in [6.45, 7) is 5.85. The number of aliphatic hydroxyl groups is 1. The van der Waals surface area contributed by atoms with E-state index in [-0.39, 0.29) is 6.61 Å². The van der Waals surface area contributed by atoms with Gasteiger partial charge in [0.15, 0.2) is 0 Å². The Kier molecular flexibility index (Phi) is 5.60. The fourth-order valence-corrected chi connectivity index (χ4v) is 2.47. The minimum atomic E-state index is 0.258. The molecule has 1 saturated heterocycles. The summed E-state index contributed by atoms with van der Waals surface area (Å²) in [4.78, 5) is 2.14. The highest BCUT2D eigenvalue weighted by atomic mass is 16.4. The molecule has 0 aliphatic carbocycles. The molecule has 1 fully saturated rings. The molecule has 0 aromatic carbocycles. The number of hydrogen-bond donors (Lipinski definition) is 2. The Morgan fingerprint density at radius 1 is 1.47 bits per heavy atom. The van der Waals surface area contributed by atoms with Gasteiger partial charge >= 0.3 is 6.01 Å². The maximum absolute atomic E-state index is 9.02.